The van der Waals surface area contributed by atoms with Crippen LogP contribution >= 0.6 is 0 Å². The molecule has 10 heteroatoms. The predicted octanol–water partition coefficient (Wildman–Crippen LogP) is 5.07. The molecule has 1 aromatic heterocycles. The summed E-state index contributed by atoms with van der Waals surface area (Å²) in [7, 11) is 1.74. The normalized spacial score (nSPS) is 17.8. The third-order valence-electron chi connectivity index (χ3n) is 10.2. The van der Waals surface area contributed by atoms with Gasteiger partial charge in [0.2, 0.25) is 5.91 Å². The summed E-state index contributed by atoms with van der Waals surface area (Å²) in [4.78, 5) is 46.8. The van der Waals surface area contributed by atoms with Crippen LogP contribution < -0.4 is 20.7 Å². The van der Waals surface area contributed by atoms with Gasteiger partial charge in [-0.2, -0.15) is 0 Å². The van der Waals surface area contributed by atoms with Crippen LogP contribution in [-0.4, -0.2) is 62.9 Å². The first-order chi connectivity index (χ1) is 22.1. The first kappa shape index (κ1) is 31.9. The molecule has 1 spiro atoms. The van der Waals surface area contributed by atoms with Crippen LogP contribution in [0.25, 0.3) is 11.1 Å². The van der Waals surface area contributed by atoms with Crippen molar-refractivity contribution in [2.75, 3.05) is 49.8 Å². The van der Waals surface area contributed by atoms with Crippen molar-refractivity contribution in [3.8, 4) is 11.1 Å². The minimum atomic E-state index is -0.779. The Morgan fingerprint density at radius 1 is 1.04 bits per heavy atom. The van der Waals surface area contributed by atoms with Gasteiger partial charge in [0.05, 0.1) is 5.41 Å². The zero-order valence-corrected chi connectivity index (χ0v) is 27.3. The fraction of sp³-hybridized carbons (Fsp3) is 0.472. The molecule has 0 radical (unpaired) electrons. The summed E-state index contributed by atoms with van der Waals surface area (Å²) in [6.45, 7) is 10.6. The Morgan fingerprint density at radius 3 is 2.41 bits per heavy atom. The van der Waals surface area contributed by atoms with Crippen LogP contribution in [-0.2, 0) is 26.2 Å². The van der Waals surface area contributed by atoms with Gasteiger partial charge in [-0.25, -0.2) is 4.39 Å². The number of aromatic nitrogens is 1. The molecule has 2 aromatic carbocycles. The van der Waals surface area contributed by atoms with E-state index in [1.165, 1.54) is 6.07 Å². The maximum atomic E-state index is 16.3. The number of carbonyl (C=O) groups is 2. The fourth-order valence-electron chi connectivity index (χ4n) is 7.57. The number of benzene rings is 2. The molecule has 0 aliphatic carbocycles. The third kappa shape index (κ3) is 5.51. The van der Waals surface area contributed by atoms with Gasteiger partial charge in [0.1, 0.15) is 5.82 Å². The van der Waals surface area contributed by atoms with Crippen molar-refractivity contribution in [2.45, 2.75) is 71.4 Å². The van der Waals surface area contributed by atoms with Gasteiger partial charge < -0.3 is 29.6 Å². The van der Waals surface area contributed by atoms with E-state index < -0.39 is 11.2 Å². The lowest BCUT2D eigenvalue weighted by Crippen LogP contribution is -2.42. The largest absolute Gasteiger partial charge is 0.381 e. The summed E-state index contributed by atoms with van der Waals surface area (Å²) in [6.07, 6.45) is 2.72. The van der Waals surface area contributed by atoms with E-state index in [0.29, 0.717) is 79.3 Å². The fourth-order valence-corrected chi connectivity index (χ4v) is 7.57. The van der Waals surface area contributed by atoms with Gasteiger partial charge in [0.15, 0.2) is 0 Å². The van der Waals surface area contributed by atoms with E-state index in [4.69, 9.17) is 9.47 Å². The molecule has 6 rings (SSSR count). The highest BCUT2D eigenvalue weighted by molar-refractivity contribution is 6.08. The van der Waals surface area contributed by atoms with E-state index in [0.717, 1.165) is 35.3 Å². The Balaban J connectivity index is 1.45. The molecule has 244 valence electrons. The topological polar surface area (TPSA) is 104 Å². The molecule has 3 aliphatic rings. The minimum absolute atomic E-state index is 0.0370. The average molecular weight is 631 g/mol. The Kier molecular flexibility index (Phi) is 8.78. The van der Waals surface area contributed by atoms with Crippen LogP contribution in [0.2, 0.25) is 0 Å². The lowest BCUT2D eigenvalue weighted by Gasteiger charge is -2.37. The number of nitrogens with zero attached hydrogens (tertiary/aromatic N) is 2. The van der Waals surface area contributed by atoms with Gasteiger partial charge in [-0.3, -0.25) is 14.4 Å². The molecule has 0 unspecified atom stereocenters. The van der Waals surface area contributed by atoms with Crippen molar-refractivity contribution in [2.24, 2.45) is 0 Å². The molecule has 0 bridgehead atoms. The van der Waals surface area contributed by atoms with Gasteiger partial charge >= 0.3 is 0 Å². The molecule has 46 heavy (non-hydrogen) atoms. The van der Waals surface area contributed by atoms with Crippen LogP contribution in [0.1, 0.15) is 70.9 Å². The number of hydrogen-bond acceptors (Lipinski definition) is 6. The molecular formula is C36H43FN4O5. The van der Waals surface area contributed by atoms with Crippen LogP contribution in [0, 0.1) is 26.6 Å². The summed E-state index contributed by atoms with van der Waals surface area (Å²) in [6, 6.07) is 9.04. The third-order valence-corrected chi connectivity index (χ3v) is 10.2. The quantitative estimate of drug-likeness (QED) is 0.378. The highest BCUT2D eigenvalue weighted by atomic mass is 19.1. The van der Waals surface area contributed by atoms with Crippen molar-refractivity contribution in [1.29, 1.82) is 0 Å². The number of fused-ring (bicyclic) bond motifs is 2. The number of hydrogen-bond donors (Lipinski definition) is 2. The van der Waals surface area contributed by atoms with Crippen LogP contribution in [0.5, 0.6) is 0 Å². The molecule has 2 fully saturated rings. The maximum absolute atomic E-state index is 16.3. The predicted molar refractivity (Wildman–Crippen MR) is 176 cm³/mol. The van der Waals surface area contributed by atoms with E-state index in [-0.39, 0.29) is 30.0 Å². The van der Waals surface area contributed by atoms with Gasteiger partial charge in [0.25, 0.3) is 11.5 Å². The van der Waals surface area contributed by atoms with Crippen LogP contribution in [0.15, 0.2) is 35.1 Å². The Labute approximate surface area is 269 Å². The monoisotopic (exact) mass is 630 g/mol. The number of nitrogens with one attached hydrogen (secondary N) is 2. The number of aryl methyl sites for hydroxylation is 2. The Bertz CT molecular complexity index is 1740. The first-order valence-electron chi connectivity index (χ1n) is 16.2. The second-order valence-electron chi connectivity index (χ2n) is 12.8. The molecule has 9 nitrogen and oxygen atoms in total. The summed E-state index contributed by atoms with van der Waals surface area (Å²) >= 11 is 0. The highest BCUT2D eigenvalue weighted by Gasteiger charge is 2.50. The number of H-pyrrole nitrogens is 1. The number of anilines is 2. The first-order valence-corrected chi connectivity index (χ1v) is 16.2. The van der Waals surface area contributed by atoms with Gasteiger partial charge in [-0.15, -0.1) is 0 Å². The van der Waals surface area contributed by atoms with E-state index in [2.05, 4.69) is 22.1 Å². The van der Waals surface area contributed by atoms with E-state index in [1.54, 1.807) is 24.1 Å². The van der Waals surface area contributed by atoms with Crippen molar-refractivity contribution in [3.63, 3.8) is 0 Å². The summed E-state index contributed by atoms with van der Waals surface area (Å²) in [5.41, 5.74) is 5.33. The Morgan fingerprint density at radius 2 is 1.74 bits per heavy atom. The minimum Gasteiger partial charge on any atom is -0.381 e. The molecule has 3 aromatic rings. The summed E-state index contributed by atoms with van der Waals surface area (Å²) in [5.74, 6) is -0.826. The van der Waals surface area contributed by atoms with Crippen LogP contribution in [0.3, 0.4) is 0 Å². The van der Waals surface area contributed by atoms with Crippen molar-refractivity contribution >= 4 is 23.2 Å². The molecule has 2 amide bonds. The second-order valence-corrected chi connectivity index (χ2v) is 12.8. The average Bonchev–Trinajstić information content (AvgIpc) is 3.22. The lowest BCUT2D eigenvalue weighted by molar-refractivity contribution is -0.126. The highest BCUT2D eigenvalue weighted by Crippen LogP contribution is 2.49. The summed E-state index contributed by atoms with van der Waals surface area (Å²) in [5, 5.41) is 2.95. The van der Waals surface area contributed by atoms with E-state index in [1.807, 2.05) is 32.9 Å². The number of aromatic amines is 1. The number of ether oxygens (including phenoxy) is 2. The smallest absolute Gasteiger partial charge is 0.253 e. The molecule has 4 heterocycles. The number of rotatable bonds is 7. The van der Waals surface area contributed by atoms with Crippen molar-refractivity contribution in [3.05, 3.63) is 80.0 Å². The molecule has 2 saturated heterocycles. The maximum Gasteiger partial charge on any atom is 0.253 e. The summed E-state index contributed by atoms with van der Waals surface area (Å²) < 4.78 is 27.5. The molecule has 2 N–H and O–H groups in total. The molecular weight excluding hydrogens is 587 g/mol. The Hall–Kier alpha value is -4.02. The standard InChI is InChI=1S/C36H43FN4O5/c1-6-41(25-7-11-45-12-8-25)31-17-24(16-26(23(31)4)33(42)38-20-28-21(2)15-22(3)39-34(28)43)27-18-32-29(19-30(27)37)36(35(44)40(32)5)9-13-46-14-10-36/h15-19,25H,6-14,20H2,1-5H3,(H,38,42)(H,39,43). The number of halogens is 1. The van der Waals surface area contributed by atoms with Gasteiger partial charge in [-0.05, 0) is 106 Å². The zero-order chi connectivity index (χ0) is 32.7. The van der Waals surface area contributed by atoms with Gasteiger partial charge in [0, 0.05) is 86.4 Å². The van der Waals surface area contributed by atoms with E-state index >= 15 is 4.39 Å². The number of carbonyl (C=O) groups excluding carboxylic acids is 2. The lowest BCUT2D eigenvalue weighted by atomic mass is 9.75. The molecule has 3 aliphatic heterocycles. The second kappa shape index (κ2) is 12.6. The van der Waals surface area contributed by atoms with Crippen molar-refractivity contribution in [1.82, 2.24) is 10.3 Å². The number of pyridine rings is 1. The van der Waals surface area contributed by atoms with Crippen LogP contribution in [0.4, 0.5) is 15.8 Å². The zero-order valence-electron chi connectivity index (χ0n) is 27.3. The number of amides is 2. The number of likely N-dealkylation sites (N-methyl/N-ethyl adjacent to an activating group) is 1. The van der Waals surface area contributed by atoms with Gasteiger partial charge in [-0.1, -0.05) is 0 Å². The van der Waals surface area contributed by atoms with Crippen molar-refractivity contribution < 1.29 is 23.5 Å². The van der Waals surface area contributed by atoms with E-state index in [9.17, 15) is 14.4 Å². The SMILES string of the molecule is CCN(c1cc(-c2cc3c(cc2F)C2(CCOCC2)C(=O)N3C)cc(C(=O)NCc2c(C)cc(C)[nH]c2=O)c1C)C1CCOCC1. The molecule has 0 atom stereocenters. The molecule has 0 saturated carbocycles.